The molecule has 0 aliphatic rings. The average molecular weight is 675 g/mol. The molecule has 0 spiro atoms. The number of benzene rings is 2. The van der Waals surface area contributed by atoms with Crippen LogP contribution in [0.25, 0.3) is 21.8 Å². The molecule has 5 aromatic rings. The molecule has 0 amide bonds. The van der Waals surface area contributed by atoms with Gasteiger partial charge in [-0.1, -0.05) is 24.4 Å². The van der Waals surface area contributed by atoms with Crippen molar-refractivity contribution in [2.45, 2.75) is 13.8 Å². The quantitative estimate of drug-likeness (QED) is 0.0842. The van der Waals surface area contributed by atoms with Gasteiger partial charge in [0.15, 0.2) is 5.78 Å². The summed E-state index contributed by atoms with van der Waals surface area (Å²) in [7, 11) is 2.68. The van der Waals surface area contributed by atoms with Crippen LogP contribution in [0.3, 0.4) is 0 Å². The van der Waals surface area contributed by atoms with Crippen LogP contribution in [0.5, 0.6) is 0 Å². The summed E-state index contributed by atoms with van der Waals surface area (Å²) >= 11 is 11.7. The summed E-state index contributed by atoms with van der Waals surface area (Å²) in [4.78, 5) is 47.3. The number of esters is 2. The molecular formula is C34H31ClN4O5S2. The maximum atomic E-state index is 11.7. The predicted octanol–water partition coefficient (Wildman–Crippen LogP) is 6.89. The minimum absolute atomic E-state index is 0.0918. The number of carbonyl (C=O) groups is 3. The summed E-state index contributed by atoms with van der Waals surface area (Å²) < 4.78 is 9.34. The third-order valence-electron chi connectivity index (χ3n) is 6.37. The Morgan fingerprint density at radius 2 is 1.46 bits per heavy atom. The van der Waals surface area contributed by atoms with E-state index in [0.717, 1.165) is 38.5 Å². The van der Waals surface area contributed by atoms with Gasteiger partial charge in [0, 0.05) is 52.4 Å². The number of carbonyl (C=O) groups excluding carboxylic acids is 3. The Morgan fingerprint density at radius 1 is 0.848 bits per heavy atom. The second-order valence-corrected chi connectivity index (χ2v) is 11.1. The average Bonchev–Trinajstić information content (AvgIpc) is 3.59. The van der Waals surface area contributed by atoms with E-state index in [2.05, 4.69) is 19.7 Å². The minimum atomic E-state index is -0.460. The number of thiocarbonyl (C=S) groups is 1. The molecule has 0 aliphatic carbocycles. The van der Waals surface area contributed by atoms with Crippen LogP contribution in [0.15, 0.2) is 90.8 Å². The number of pyridine rings is 2. The number of hydrogen-bond donors (Lipinski definition) is 1. The van der Waals surface area contributed by atoms with Crippen LogP contribution < -0.4 is 5.73 Å². The largest absolute Gasteiger partial charge is 0.465 e. The van der Waals surface area contributed by atoms with Gasteiger partial charge in [0.05, 0.1) is 36.9 Å². The number of aryl methyl sites for hydroxylation is 2. The van der Waals surface area contributed by atoms with E-state index in [-0.39, 0.29) is 17.6 Å². The molecule has 46 heavy (non-hydrogen) atoms. The smallest absolute Gasteiger partial charge is 0.337 e. The highest BCUT2D eigenvalue weighted by Gasteiger charge is 2.14. The zero-order chi connectivity index (χ0) is 33.6. The highest BCUT2D eigenvalue weighted by atomic mass is 35.5. The van der Waals surface area contributed by atoms with Gasteiger partial charge in [0.25, 0.3) is 0 Å². The van der Waals surface area contributed by atoms with E-state index in [4.69, 9.17) is 34.3 Å². The van der Waals surface area contributed by atoms with Gasteiger partial charge in [-0.2, -0.15) is 0 Å². The summed E-state index contributed by atoms with van der Waals surface area (Å²) in [6.07, 6.45) is 6.85. The molecule has 12 heteroatoms. The lowest BCUT2D eigenvalue weighted by atomic mass is 10.0. The first kappa shape index (κ1) is 35.6. The first-order valence-corrected chi connectivity index (χ1v) is 15.4. The van der Waals surface area contributed by atoms with Crippen molar-refractivity contribution < 1.29 is 23.9 Å². The number of ketones is 1. The van der Waals surface area contributed by atoms with Crippen LogP contribution in [-0.4, -0.2) is 57.8 Å². The number of Topliss-reactive ketones (excluding diaryl/α,β-unsaturated/α-hetero) is 1. The maximum absolute atomic E-state index is 11.7. The molecule has 0 atom stereocenters. The van der Waals surface area contributed by atoms with Gasteiger partial charge in [-0.25, -0.2) is 14.6 Å². The second kappa shape index (κ2) is 17.6. The molecule has 0 saturated heterocycles. The van der Waals surface area contributed by atoms with Crippen LogP contribution in [-0.2, 0) is 9.47 Å². The Bertz CT molecular complexity index is 1820. The zero-order valence-corrected chi connectivity index (χ0v) is 27.9. The van der Waals surface area contributed by atoms with Crippen molar-refractivity contribution >= 4 is 57.9 Å². The second-order valence-electron chi connectivity index (χ2n) is 9.48. The molecule has 2 N–H and O–H groups in total. The molecule has 0 aliphatic heterocycles. The van der Waals surface area contributed by atoms with E-state index in [0.29, 0.717) is 21.7 Å². The lowest BCUT2D eigenvalue weighted by Crippen LogP contribution is -2.08. The first-order chi connectivity index (χ1) is 22.1. The number of alkyl halides is 1. The molecule has 0 bridgehead atoms. The first-order valence-electron chi connectivity index (χ1n) is 13.6. The van der Waals surface area contributed by atoms with Crippen molar-refractivity contribution in [3.05, 3.63) is 124 Å². The van der Waals surface area contributed by atoms with E-state index < -0.39 is 5.97 Å². The van der Waals surface area contributed by atoms with Gasteiger partial charge in [0.1, 0.15) is 10.00 Å². The molecule has 236 valence electrons. The fourth-order valence-corrected chi connectivity index (χ4v) is 4.99. The van der Waals surface area contributed by atoms with Crippen molar-refractivity contribution in [3.8, 4) is 21.8 Å². The summed E-state index contributed by atoms with van der Waals surface area (Å²) in [6.45, 7) is 3.79. The van der Waals surface area contributed by atoms with Crippen molar-refractivity contribution in [1.29, 1.82) is 0 Å². The molecular weight excluding hydrogens is 644 g/mol. The van der Waals surface area contributed by atoms with Crippen LogP contribution >= 0.6 is 35.2 Å². The van der Waals surface area contributed by atoms with E-state index >= 15 is 0 Å². The number of nitrogens with zero attached hydrogens (tertiary/aromatic N) is 3. The molecule has 5 rings (SSSR count). The SMILES string of the molecule is COC(=O)c1ccc(C)c(-c2csc(-c3cccnc3)n2)c1.COC(=O)c1ccc(C)c(C(=O)CCl)c1.NC(=S)c1cccnc1. The lowest BCUT2D eigenvalue weighted by molar-refractivity contribution is 0.0592. The highest BCUT2D eigenvalue weighted by molar-refractivity contribution is 7.80. The van der Waals surface area contributed by atoms with Crippen LogP contribution in [0.4, 0.5) is 0 Å². The Balaban J connectivity index is 0.000000207. The lowest BCUT2D eigenvalue weighted by Gasteiger charge is -2.05. The number of halogens is 1. The van der Waals surface area contributed by atoms with Gasteiger partial charge < -0.3 is 15.2 Å². The number of nitrogens with two attached hydrogens (primary N) is 1. The number of aromatic nitrogens is 3. The fraction of sp³-hybridized carbons (Fsp3) is 0.147. The molecule has 0 saturated carbocycles. The van der Waals surface area contributed by atoms with Gasteiger partial charge in [-0.15, -0.1) is 22.9 Å². The van der Waals surface area contributed by atoms with Gasteiger partial charge in [-0.3, -0.25) is 14.8 Å². The number of hydrogen-bond acceptors (Lipinski definition) is 10. The predicted molar refractivity (Wildman–Crippen MR) is 185 cm³/mol. The molecule has 0 fully saturated rings. The van der Waals surface area contributed by atoms with E-state index in [9.17, 15) is 14.4 Å². The summed E-state index contributed by atoms with van der Waals surface area (Å²) in [5.41, 5.74) is 12.1. The van der Waals surface area contributed by atoms with Crippen molar-refractivity contribution in [2.75, 3.05) is 20.1 Å². The van der Waals surface area contributed by atoms with Crippen molar-refractivity contribution in [2.24, 2.45) is 5.73 Å². The summed E-state index contributed by atoms with van der Waals surface area (Å²) in [6, 6.07) is 17.8. The zero-order valence-electron chi connectivity index (χ0n) is 25.5. The topological polar surface area (TPSA) is 134 Å². The van der Waals surface area contributed by atoms with E-state index in [1.807, 2.05) is 42.6 Å². The Hall–Kier alpha value is -4.84. The van der Waals surface area contributed by atoms with Gasteiger partial charge in [0.2, 0.25) is 0 Å². The molecule has 9 nitrogen and oxygen atoms in total. The molecule has 0 radical (unpaired) electrons. The highest BCUT2D eigenvalue weighted by Crippen LogP contribution is 2.30. The molecule has 0 unspecified atom stereocenters. The third kappa shape index (κ3) is 9.83. The van der Waals surface area contributed by atoms with Crippen molar-refractivity contribution in [3.63, 3.8) is 0 Å². The third-order valence-corrected chi connectivity index (χ3v) is 7.74. The summed E-state index contributed by atoms with van der Waals surface area (Å²) in [5.74, 6) is -1.09. The number of ether oxygens (including phenoxy) is 2. The van der Waals surface area contributed by atoms with Gasteiger partial charge >= 0.3 is 11.9 Å². The van der Waals surface area contributed by atoms with Crippen LogP contribution in [0.1, 0.15) is 47.8 Å². The Morgan fingerprint density at radius 3 is 1.98 bits per heavy atom. The molecule has 3 aromatic heterocycles. The Kier molecular flexibility index (Phi) is 13.6. The number of methoxy groups -OCH3 is 2. The Labute approximate surface area is 281 Å². The van der Waals surface area contributed by atoms with E-state index in [1.165, 1.54) is 20.3 Å². The normalized spacial score (nSPS) is 9.93. The van der Waals surface area contributed by atoms with Crippen LogP contribution in [0.2, 0.25) is 0 Å². The van der Waals surface area contributed by atoms with E-state index in [1.54, 1.807) is 67.3 Å². The number of rotatable bonds is 7. The van der Waals surface area contributed by atoms with Crippen molar-refractivity contribution in [1.82, 2.24) is 15.0 Å². The monoisotopic (exact) mass is 674 g/mol. The summed E-state index contributed by atoms with van der Waals surface area (Å²) in [5, 5.41) is 2.90. The number of thiazole rings is 1. The fourth-order valence-electron chi connectivity index (χ4n) is 3.91. The van der Waals surface area contributed by atoms with Crippen LogP contribution in [0, 0.1) is 13.8 Å². The molecule has 3 heterocycles. The van der Waals surface area contributed by atoms with Gasteiger partial charge in [-0.05, 0) is 73.5 Å². The standard InChI is InChI=1S/C17H14N2O2S.C11H11ClO3.C6H6N2S/c1-11-5-6-12(17(20)21-2)8-14(11)15-10-22-16(19-15)13-4-3-7-18-9-13;1-7-3-4-8(11(14)15-2)5-9(7)10(13)6-12;7-6(9)5-2-1-3-8-4-5/h3-10H,1-2H3;3-5H,6H2,1-2H3;1-4H,(H2,7,9). The molecule has 2 aromatic carbocycles. The minimum Gasteiger partial charge on any atom is -0.465 e. The maximum Gasteiger partial charge on any atom is 0.337 e.